The summed E-state index contributed by atoms with van der Waals surface area (Å²) in [6, 6.07) is 5.70. The van der Waals surface area contributed by atoms with Crippen LogP contribution in [0.4, 0.5) is 4.39 Å². The maximum atomic E-state index is 12.9. The topological polar surface area (TPSA) is 92.3 Å². The Kier molecular flexibility index (Phi) is 4.58. The number of carbonyl (C=O) groups excluding carboxylic acids is 2. The number of hydrogen-bond acceptors (Lipinski definition) is 4. The van der Waals surface area contributed by atoms with Gasteiger partial charge in [0.05, 0.1) is 18.1 Å². The van der Waals surface area contributed by atoms with Crippen LogP contribution in [0.3, 0.4) is 0 Å². The summed E-state index contributed by atoms with van der Waals surface area (Å²) in [6.45, 7) is -0.165. The van der Waals surface area contributed by atoms with Crippen molar-refractivity contribution in [2.45, 2.75) is 24.8 Å². The molecule has 1 aromatic carbocycles. The number of rotatable bonds is 5. The van der Waals surface area contributed by atoms with Gasteiger partial charge in [0.1, 0.15) is 5.82 Å². The second kappa shape index (κ2) is 6.51. The highest BCUT2D eigenvalue weighted by Crippen LogP contribution is 2.47. The summed E-state index contributed by atoms with van der Waals surface area (Å²) in [5.74, 6) is -0.995. The molecule has 2 aliphatic rings. The molecule has 0 unspecified atom stereocenters. The van der Waals surface area contributed by atoms with Gasteiger partial charge in [-0.25, -0.2) is 12.8 Å². The zero-order valence-electron chi connectivity index (χ0n) is 13.0. The maximum absolute atomic E-state index is 12.9. The predicted molar refractivity (Wildman–Crippen MR) is 85.5 cm³/mol. The minimum atomic E-state index is -3.05. The minimum Gasteiger partial charge on any atom is -0.351 e. The van der Waals surface area contributed by atoms with E-state index in [4.69, 9.17) is 0 Å². The molecule has 0 bridgehead atoms. The lowest BCUT2D eigenvalue weighted by atomic mass is 10.1. The summed E-state index contributed by atoms with van der Waals surface area (Å²) >= 11 is 0. The molecule has 24 heavy (non-hydrogen) atoms. The molecule has 1 saturated heterocycles. The number of benzene rings is 1. The van der Waals surface area contributed by atoms with Gasteiger partial charge in [-0.2, -0.15) is 0 Å². The van der Waals surface area contributed by atoms with E-state index in [1.54, 1.807) is 12.1 Å². The first-order valence-corrected chi connectivity index (χ1v) is 9.69. The average molecular weight is 354 g/mol. The highest BCUT2D eigenvalue weighted by Gasteiger charge is 2.43. The molecule has 1 aromatic rings. The fourth-order valence-corrected chi connectivity index (χ4v) is 4.72. The smallest absolute Gasteiger partial charge is 0.239 e. The minimum absolute atomic E-state index is 0.0397. The predicted octanol–water partition coefficient (Wildman–Crippen LogP) is 0.349. The van der Waals surface area contributed by atoms with Crippen LogP contribution in [-0.4, -0.2) is 44.3 Å². The van der Waals surface area contributed by atoms with Gasteiger partial charge in [0.15, 0.2) is 9.84 Å². The Balaban J connectivity index is 1.42. The summed E-state index contributed by atoms with van der Waals surface area (Å²) < 4.78 is 35.6. The molecule has 2 N–H and O–H groups in total. The normalized spacial score (nSPS) is 27.5. The van der Waals surface area contributed by atoms with Crippen molar-refractivity contribution in [3.05, 3.63) is 35.6 Å². The van der Waals surface area contributed by atoms with Gasteiger partial charge in [-0.3, -0.25) is 9.59 Å². The lowest BCUT2D eigenvalue weighted by molar-refractivity contribution is -0.127. The Morgan fingerprint density at radius 1 is 1.21 bits per heavy atom. The highest BCUT2D eigenvalue weighted by molar-refractivity contribution is 7.91. The molecule has 1 heterocycles. The molecule has 1 saturated carbocycles. The van der Waals surface area contributed by atoms with Gasteiger partial charge in [-0.05, 0) is 36.5 Å². The van der Waals surface area contributed by atoms with Crippen molar-refractivity contribution in [2.24, 2.45) is 5.92 Å². The van der Waals surface area contributed by atoms with Gasteiger partial charge in [-0.15, -0.1) is 0 Å². The largest absolute Gasteiger partial charge is 0.351 e. The average Bonchev–Trinajstić information content (AvgIpc) is 3.25. The first-order valence-electron chi connectivity index (χ1n) is 7.87. The number of carbonyl (C=O) groups is 2. The molecule has 6 nitrogen and oxygen atoms in total. The van der Waals surface area contributed by atoms with Crippen molar-refractivity contribution in [1.29, 1.82) is 0 Å². The van der Waals surface area contributed by atoms with E-state index in [-0.39, 0.29) is 53.6 Å². The fraction of sp³-hybridized carbons (Fsp3) is 0.500. The third-order valence-corrected chi connectivity index (χ3v) is 6.21. The van der Waals surface area contributed by atoms with Gasteiger partial charge in [-0.1, -0.05) is 12.1 Å². The van der Waals surface area contributed by atoms with Gasteiger partial charge in [0.25, 0.3) is 0 Å². The molecule has 0 spiro atoms. The van der Waals surface area contributed by atoms with Crippen molar-refractivity contribution in [3.8, 4) is 0 Å². The number of halogens is 1. The number of sulfone groups is 1. The first kappa shape index (κ1) is 16.9. The number of nitrogens with one attached hydrogen (secondary N) is 2. The fourth-order valence-electron chi connectivity index (χ4n) is 3.05. The van der Waals surface area contributed by atoms with E-state index in [9.17, 15) is 22.4 Å². The molecule has 8 heteroatoms. The lowest BCUT2D eigenvalue weighted by Crippen LogP contribution is -2.42. The van der Waals surface area contributed by atoms with Crippen molar-refractivity contribution in [1.82, 2.24) is 10.6 Å². The SMILES string of the molecule is O=C(CNC(=O)[C@@H]1C[C@@H]1c1ccc(F)cc1)N[C@@H]1CCS(=O)(=O)C1. The molecule has 2 fully saturated rings. The van der Waals surface area contributed by atoms with E-state index in [1.807, 2.05) is 0 Å². The van der Waals surface area contributed by atoms with Crippen LogP contribution in [-0.2, 0) is 19.4 Å². The Labute approximate surface area is 139 Å². The Morgan fingerprint density at radius 2 is 1.92 bits per heavy atom. The van der Waals surface area contributed by atoms with E-state index < -0.39 is 9.84 Å². The molecule has 1 aliphatic carbocycles. The molecular weight excluding hydrogens is 335 g/mol. The van der Waals surface area contributed by atoms with Crippen molar-refractivity contribution in [3.63, 3.8) is 0 Å². The summed E-state index contributed by atoms with van der Waals surface area (Å²) in [6.07, 6.45) is 1.09. The van der Waals surface area contributed by atoms with E-state index >= 15 is 0 Å². The Bertz CT molecular complexity index is 748. The zero-order chi connectivity index (χ0) is 17.3. The van der Waals surface area contributed by atoms with Crippen LogP contribution >= 0.6 is 0 Å². The second-order valence-corrected chi connectivity index (χ2v) is 8.61. The molecule has 3 rings (SSSR count). The maximum Gasteiger partial charge on any atom is 0.239 e. The molecule has 2 amide bonds. The second-order valence-electron chi connectivity index (χ2n) is 6.39. The number of hydrogen-bond donors (Lipinski definition) is 2. The van der Waals surface area contributed by atoms with Gasteiger partial charge >= 0.3 is 0 Å². The molecule has 130 valence electrons. The van der Waals surface area contributed by atoms with Crippen LogP contribution in [0.2, 0.25) is 0 Å². The summed E-state index contributed by atoms with van der Waals surface area (Å²) in [7, 11) is -3.05. The van der Waals surface area contributed by atoms with E-state index in [2.05, 4.69) is 10.6 Å². The van der Waals surface area contributed by atoms with Crippen LogP contribution in [0.5, 0.6) is 0 Å². The van der Waals surface area contributed by atoms with Crippen LogP contribution < -0.4 is 10.6 Å². The highest BCUT2D eigenvalue weighted by atomic mass is 32.2. The third kappa shape index (κ3) is 4.11. The molecule has 0 aromatic heterocycles. The Hall–Kier alpha value is -1.96. The van der Waals surface area contributed by atoms with Crippen LogP contribution in [0.15, 0.2) is 24.3 Å². The molecule has 1 aliphatic heterocycles. The lowest BCUT2D eigenvalue weighted by Gasteiger charge is -2.11. The summed E-state index contributed by atoms with van der Waals surface area (Å²) in [4.78, 5) is 23.8. The van der Waals surface area contributed by atoms with Crippen molar-refractivity contribution < 1.29 is 22.4 Å². The van der Waals surface area contributed by atoms with E-state index in [0.717, 1.165) is 5.56 Å². The van der Waals surface area contributed by atoms with Crippen molar-refractivity contribution >= 4 is 21.7 Å². The van der Waals surface area contributed by atoms with Crippen LogP contribution in [0.25, 0.3) is 0 Å². The number of amides is 2. The standard InChI is InChI=1S/C16H19FN2O4S/c17-11-3-1-10(2-4-11)13-7-14(13)16(21)18-8-15(20)19-12-5-6-24(22,23)9-12/h1-4,12-14H,5-9H2,(H,18,21)(H,19,20)/t12-,13-,14-/m1/s1. The van der Waals surface area contributed by atoms with Crippen LogP contribution in [0, 0.1) is 11.7 Å². The van der Waals surface area contributed by atoms with Crippen molar-refractivity contribution in [2.75, 3.05) is 18.1 Å². The van der Waals surface area contributed by atoms with E-state index in [0.29, 0.717) is 12.8 Å². The first-order chi connectivity index (χ1) is 11.3. The zero-order valence-corrected chi connectivity index (χ0v) is 13.8. The van der Waals surface area contributed by atoms with Gasteiger partial charge in [0.2, 0.25) is 11.8 Å². The molecule has 3 atom stereocenters. The monoisotopic (exact) mass is 354 g/mol. The quantitative estimate of drug-likeness (QED) is 0.798. The summed E-state index contributed by atoms with van der Waals surface area (Å²) in [5, 5.41) is 5.20. The van der Waals surface area contributed by atoms with Gasteiger partial charge in [0, 0.05) is 12.0 Å². The van der Waals surface area contributed by atoms with E-state index in [1.165, 1.54) is 12.1 Å². The summed E-state index contributed by atoms with van der Waals surface area (Å²) in [5.41, 5.74) is 0.914. The van der Waals surface area contributed by atoms with Gasteiger partial charge < -0.3 is 10.6 Å². The molecule has 0 radical (unpaired) electrons. The third-order valence-electron chi connectivity index (χ3n) is 4.45. The Morgan fingerprint density at radius 3 is 2.54 bits per heavy atom. The molecular formula is C16H19FN2O4S. The van der Waals surface area contributed by atoms with Crippen LogP contribution in [0.1, 0.15) is 24.3 Å².